The fraction of sp³-hybridized carbons (Fsp3) is 0.278. The summed E-state index contributed by atoms with van der Waals surface area (Å²) >= 11 is 13.3. The van der Waals surface area contributed by atoms with Gasteiger partial charge in [0.05, 0.1) is 39.3 Å². The molecule has 0 N–H and O–H groups in total. The number of hydrogen-bond donors (Lipinski definition) is 0. The average molecular weight is 463 g/mol. The maximum atomic E-state index is 14.5. The van der Waals surface area contributed by atoms with E-state index in [0.29, 0.717) is 21.0 Å². The Morgan fingerprint density at radius 3 is 2.61 bits per heavy atom. The van der Waals surface area contributed by atoms with Gasteiger partial charge in [-0.3, -0.25) is 4.99 Å². The first-order chi connectivity index (χ1) is 13.2. The monoisotopic (exact) mass is 462 g/mol. The van der Waals surface area contributed by atoms with Crippen LogP contribution in [-0.2, 0) is 15.6 Å². The summed E-state index contributed by atoms with van der Waals surface area (Å²) in [6, 6.07) is 7.53. The molecular weight excluding hydrogens is 449 g/mol. The molecule has 0 aromatic heterocycles. The zero-order valence-corrected chi connectivity index (χ0v) is 17.4. The molecule has 0 saturated carbocycles. The van der Waals surface area contributed by atoms with E-state index in [1.54, 1.807) is 17.0 Å². The van der Waals surface area contributed by atoms with Crippen molar-refractivity contribution in [1.82, 2.24) is 0 Å². The summed E-state index contributed by atoms with van der Waals surface area (Å²) in [5.74, 6) is -1.16. The summed E-state index contributed by atoms with van der Waals surface area (Å²) in [5, 5.41) is 1.38. The van der Waals surface area contributed by atoms with Crippen LogP contribution >= 0.6 is 35.0 Å². The largest absolute Gasteiger partial charge is 0.312 e. The summed E-state index contributed by atoms with van der Waals surface area (Å²) in [5.41, 5.74) is 1.01. The molecule has 2 aromatic carbocycles. The van der Waals surface area contributed by atoms with Gasteiger partial charge in [-0.25, -0.2) is 17.2 Å². The lowest BCUT2D eigenvalue weighted by Crippen LogP contribution is -2.39. The highest BCUT2D eigenvalue weighted by atomic mass is 35.5. The average Bonchev–Trinajstić information content (AvgIpc) is 3.08. The molecular formula is C18H14Cl2F2N2O2S2. The molecule has 2 aromatic rings. The number of hydrogen-bond acceptors (Lipinski definition) is 5. The number of halogens is 4. The molecule has 4 nitrogen and oxygen atoms in total. The van der Waals surface area contributed by atoms with Crippen LogP contribution in [0.1, 0.15) is 5.56 Å². The van der Waals surface area contributed by atoms with Gasteiger partial charge in [0.2, 0.25) is 0 Å². The molecule has 2 aliphatic heterocycles. The second-order valence-electron chi connectivity index (χ2n) is 6.63. The Labute approximate surface area is 175 Å². The fourth-order valence-electron chi connectivity index (χ4n) is 3.37. The normalized spacial score (nSPS) is 23.0. The van der Waals surface area contributed by atoms with Crippen molar-refractivity contribution < 1.29 is 17.2 Å². The first-order valence-electron chi connectivity index (χ1n) is 8.33. The third kappa shape index (κ3) is 3.87. The predicted molar refractivity (Wildman–Crippen MR) is 110 cm³/mol. The van der Waals surface area contributed by atoms with Crippen LogP contribution in [0, 0.1) is 11.6 Å². The minimum Gasteiger partial charge on any atom is -0.312 e. The van der Waals surface area contributed by atoms with Crippen LogP contribution in [0.3, 0.4) is 0 Å². The van der Waals surface area contributed by atoms with E-state index in [1.165, 1.54) is 17.8 Å². The molecule has 0 bridgehead atoms. The lowest BCUT2D eigenvalue weighted by molar-refractivity contribution is 0.577. The van der Waals surface area contributed by atoms with Crippen molar-refractivity contribution in [3.8, 4) is 0 Å². The summed E-state index contributed by atoms with van der Waals surface area (Å²) in [4.78, 5) is 6.10. The van der Waals surface area contributed by atoms with E-state index in [1.807, 2.05) is 6.07 Å². The molecule has 0 spiro atoms. The number of aliphatic imine (C=N–C) groups is 1. The Hall–Kier alpha value is -1.35. The standard InChI is InChI=1S/C18H14Cl2F2N2O2S2/c19-12-3-1-10(5-13(12)20)7-27-18-23-15-8-28(25,26)9-17(15)24(18)16-4-2-11(21)6-14(16)22/h1-6,15,17H,7-9H2. The van der Waals surface area contributed by atoms with Crippen molar-refractivity contribution in [1.29, 1.82) is 0 Å². The van der Waals surface area contributed by atoms with Gasteiger partial charge in [-0.05, 0) is 29.8 Å². The first kappa shape index (κ1) is 19.9. The molecule has 0 radical (unpaired) electrons. The van der Waals surface area contributed by atoms with E-state index in [2.05, 4.69) is 4.99 Å². The fourth-order valence-corrected chi connectivity index (χ4v) is 6.59. The van der Waals surface area contributed by atoms with Gasteiger partial charge in [0.15, 0.2) is 15.0 Å². The van der Waals surface area contributed by atoms with Gasteiger partial charge in [0.1, 0.15) is 11.6 Å². The molecule has 0 amide bonds. The highest BCUT2D eigenvalue weighted by Crippen LogP contribution is 2.37. The Morgan fingerprint density at radius 1 is 1.11 bits per heavy atom. The van der Waals surface area contributed by atoms with E-state index in [9.17, 15) is 17.2 Å². The Morgan fingerprint density at radius 2 is 1.89 bits per heavy atom. The molecule has 0 aliphatic carbocycles. The SMILES string of the molecule is O=S1(=O)CC2N=C(SCc3ccc(Cl)c(Cl)c3)N(c3ccc(F)cc3F)C2C1. The van der Waals surface area contributed by atoms with Crippen molar-refractivity contribution >= 4 is 55.7 Å². The molecule has 2 heterocycles. The van der Waals surface area contributed by atoms with Crippen LogP contribution in [0.15, 0.2) is 41.4 Å². The summed E-state index contributed by atoms with van der Waals surface area (Å²) in [7, 11) is -3.25. The second kappa shape index (κ2) is 7.48. The number of nitrogens with zero attached hydrogens (tertiary/aromatic N) is 2. The highest BCUT2D eigenvalue weighted by molar-refractivity contribution is 8.13. The van der Waals surface area contributed by atoms with Crippen LogP contribution in [0.2, 0.25) is 10.0 Å². The molecule has 2 aliphatic rings. The molecule has 10 heteroatoms. The number of thioether (sulfide) groups is 1. The van der Waals surface area contributed by atoms with Crippen LogP contribution in [0.4, 0.5) is 14.5 Å². The summed E-state index contributed by atoms with van der Waals surface area (Å²) in [6.07, 6.45) is 0. The van der Waals surface area contributed by atoms with E-state index >= 15 is 0 Å². The van der Waals surface area contributed by atoms with Gasteiger partial charge in [-0.15, -0.1) is 0 Å². The van der Waals surface area contributed by atoms with Crippen LogP contribution in [0.25, 0.3) is 0 Å². The molecule has 148 valence electrons. The maximum Gasteiger partial charge on any atom is 0.164 e. The van der Waals surface area contributed by atoms with Crippen LogP contribution in [-0.4, -0.2) is 37.2 Å². The van der Waals surface area contributed by atoms with Gasteiger partial charge in [-0.2, -0.15) is 0 Å². The number of sulfone groups is 1. The molecule has 1 saturated heterocycles. The van der Waals surface area contributed by atoms with Crippen molar-refractivity contribution in [2.24, 2.45) is 4.99 Å². The topological polar surface area (TPSA) is 49.7 Å². The number of fused-ring (bicyclic) bond motifs is 1. The van der Waals surface area contributed by atoms with Gasteiger partial charge in [-0.1, -0.05) is 41.0 Å². The van der Waals surface area contributed by atoms with Crippen LogP contribution in [0.5, 0.6) is 0 Å². The molecule has 2 atom stereocenters. The van der Waals surface area contributed by atoms with E-state index in [-0.39, 0.29) is 17.2 Å². The van der Waals surface area contributed by atoms with Crippen LogP contribution < -0.4 is 4.90 Å². The number of amidine groups is 1. The summed E-state index contributed by atoms with van der Waals surface area (Å²) in [6.45, 7) is 0. The maximum absolute atomic E-state index is 14.5. The zero-order valence-electron chi connectivity index (χ0n) is 14.3. The number of rotatable bonds is 3. The zero-order chi connectivity index (χ0) is 20.1. The first-order valence-corrected chi connectivity index (χ1v) is 11.9. The minimum atomic E-state index is -3.25. The third-order valence-corrected chi connectivity index (χ3v) is 8.10. The Kier molecular flexibility index (Phi) is 5.33. The smallest absolute Gasteiger partial charge is 0.164 e. The van der Waals surface area contributed by atoms with Gasteiger partial charge >= 0.3 is 0 Å². The predicted octanol–water partition coefficient (Wildman–Crippen LogP) is 4.55. The Bertz CT molecular complexity index is 1080. The van der Waals surface area contributed by atoms with E-state index in [0.717, 1.165) is 17.7 Å². The quantitative estimate of drug-likeness (QED) is 0.671. The third-order valence-electron chi connectivity index (χ3n) is 4.63. The highest BCUT2D eigenvalue weighted by Gasteiger charge is 2.47. The Balaban J connectivity index is 1.64. The van der Waals surface area contributed by atoms with E-state index in [4.69, 9.17) is 23.2 Å². The van der Waals surface area contributed by atoms with Gasteiger partial charge in [0, 0.05) is 11.8 Å². The second-order valence-corrected chi connectivity index (χ2v) is 10.5. The lowest BCUT2D eigenvalue weighted by atomic mass is 10.1. The molecule has 1 fully saturated rings. The molecule has 28 heavy (non-hydrogen) atoms. The lowest BCUT2D eigenvalue weighted by Gasteiger charge is -2.26. The van der Waals surface area contributed by atoms with Crippen molar-refractivity contribution in [2.45, 2.75) is 17.8 Å². The van der Waals surface area contributed by atoms with E-state index < -0.39 is 33.6 Å². The molecule has 4 rings (SSSR count). The van der Waals surface area contributed by atoms with Gasteiger partial charge in [0.25, 0.3) is 0 Å². The van der Waals surface area contributed by atoms with Crippen molar-refractivity contribution in [2.75, 3.05) is 16.4 Å². The number of benzene rings is 2. The van der Waals surface area contributed by atoms with Gasteiger partial charge < -0.3 is 4.90 Å². The molecule has 2 unspecified atom stereocenters. The minimum absolute atomic E-state index is 0.0756. The summed E-state index contributed by atoms with van der Waals surface area (Å²) < 4.78 is 51.9. The van der Waals surface area contributed by atoms with Crippen molar-refractivity contribution in [3.63, 3.8) is 0 Å². The van der Waals surface area contributed by atoms with Crippen molar-refractivity contribution in [3.05, 3.63) is 63.6 Å². The number of anilines is 1.